The van der Waals surface area contributed by atoms with E-state index >= 15 is 0 Å². The number of benzene rings is 1. The summed E-state index contributed by atoms with van der Waals surface area (Å²) in [4.78, 5) is 0. The highest BCUT2D eigenvalue weighted by molar-refractivity contribution is 5.86. The van der Waals surface area contributed by atoms with Gasteiger partial charge in [0.25, 0.3) is 0 Å². The minimum absolute atomic E-state index is 1.01. The van der Waals surface area contributed by atoms with E-state index in [9.17, 15) is 0 Å². The van der Waals surface area contributed by atoms with E-state index in [-0.39, 0.29) is 0 Å². The van der Waals surface area contributed by atoms with Crippen molar-refractivity contribution in [1.82, 2.24) is 10.2 Å². The Bertz CT molecular complexity index is 449. The normalized spacial score (nSPS) is 10.7. The topological polar surface area (TPSA) is 25.8 Å². The van der Waals surface area contributed by atoms with E-state index in [1.807, 2.05) is 13.0 Å². The molecule has 2 rings (SSSR count). The first-order chi connectivity index (χ1) is 6.83. The van der Waals surface area contributed by atoms with Gasteiger partial charge in [0, 0.05) is 10.8 Å². The van der Waals surface area contributed by atoms with Crippen molar-refractivity contribution >= 4 is 10.8 Å². The standard InChI is InChI=1S/C12H14N2/c1-3-6-12-11-8-5-4-7-10(11)9(2)13-14-12/h4-5,7-8H,3,6H2,1-2H3. The van der Waals surface area contributed by atoms with Crippen molar-refractivity contribution in [3.05, 3.63) is 35.7 Å². The minimum atomic E-state index is 1.01. The highest BCUT2D eigenvalue weighted by Gasteiger charge is 2.04. The fourth-order valence-corrected chi connectivity index (χ4v) is 1.71. The smallest absolute Gasteiger partial charge is 0.0709 e. The third-order valence-corrected chi connectivity index (χ3v) is 2.44. The lowest BCUT2D eigenvalue weighted by atomic mass is 10.1. The number of rotatable bonds is 2. The van der Waals surface area contributed by atoms with Crippen LogP contribution in [-0.2, 0) is 6.42 Å². The van der Waals surface area contributed by atoms with Gasteiger partial charge in [0.2, 0.25) is 0 Å². The summed E-state index contributed by atoms with van der Waals surface area (Å²) in [5.74, 6) is 0. The zero-order valence-electron chi connectivity index (χ0n) is 8.62. The summed E-state index contributed by atoms with van der Waals surface area (Å²) in [5, 5.41) is 10.9. The second-order valence-corrected chi connectivity index (χ2v) is 3.53. The van der Waals surface area contributed by atoms with Gasteiger partial charge < -0.3 is 0 Å². The van der Waals surface area contributed by atoms with Crippen LogP contribution in [0, 0.1) is 6.92 Å². The van der Waals surface area contributed by atoms with Crippen LogP contribution >= 0.6 is 0 Å². The summed E-state index contributed by atoms with van der Waals surface area (Å²) in [6, 6.07) is 8.34. The van der Waals surface area contributed by atoms with Gasteiger partial charge in [-0.2, -0.15) is 10.2 Å². The van der Waals surface area contributed by atoms with Gasteiger partial charge in [0.15, 0.2) is 0 Å². The Labute approximate surface area is 84.0 Å². The van der Waals surface area contributed by atoms with Crippen molar-refractivity contribution in [3.8, 4) is 0 Å². The molecule has 0 radical (unpaired) electrons. The number of nitrogens with zero attached hydrogens (tertiary/aromatic N) is 2. The predicted octanol–water partition coefficient (Wildman–Crippen LogP) is 2.89. The molecule has 0 aliphatic carbocycles. The van der Waals surface area contributed by atoms with Crippen molar-refractivity contribution in [3.63, 3.8) is 0 Å². The van der Waals surface area contributed by atoms with E-state index in [0.717, 1.165) is 24.2 Å². The Hall–Kier alpha value is -1.44. The highest BCUT2D eigenvalue weighted by atomic mass is 15.1. The van der Waals surface area contributed by atoms with Crippen LogP contribution in [0.2, 0.25) is 0 Å². The third kappa shape index (κ3) is 1.48. The van der Waals surface area contributed by atoms with Crippen LogP contribution in [0.25, 0.3) is 10.8 Å². The van der Waals surface area contributed by atoms with E-state index in [1.165, 1.54) is 10.8 Å². The molecule has 1 aromatic heterocycles. The zero-order valence-corrected chi connectivity index (χ0v) is 8.62. The molecule has 2 aromatic rings. The Balaban J connectivity index is 2.68. The molecule has 72 valence electrons. The number of aryl methyl sites for hydroxylation is 2. The van der Waals surface area contributed by atoms with Crippen LogP contribution in [0.3, 0.4) is 0 Å². The Morgan fingerprint density at radius 1 is 1.07 bits per heavy atom. The third-order valence-electron chi connectivity index (χ3n) is 2.44. The zero-order chi connectivity index (χ0) is 9.97. The quantitative estimate of drug-likeness (QED) is 0.720. The number of fused-ring (bicyclic) bond motifs is 1. The first-order valence-electron chi connectivity index (χ1n) is 5.04. The maximum Gasteiger partial charge on any atom is 0.0709 e. The molecule has 0 aliphatic rings. The summed E-state index contributed by atoms with van der Waals surface area (Å²) in [6.45, 7) is 4.17. The summed E-state index contributed by atoms with van der Waals surface area (Å²) in [6.07, 6.45) is 2.12. The highest BCUT2D eigenvalue weighted by Crippen LogP contribution is 2.19. The molecule has 2 nitrogen and oxygen atoms in total. The SMILES string of the molecule is CCCc1nnc(C)c2ccccc12. The molecule has 0 N–H and O–H groups in total. The van der Waals surface area contributed by atoms with E-state index in [2.05, 4.69) is 35.3 Å². The molecule has 0 saturated heterocycles. The van der Waals surface area contributed by atoms with Gasteiger partial charge in [0.1, 0.15) is 0 Å². The predicted molar refractivity (Wildman–Crippen MR) is 58.3 cm³/mol. The second-order valence-electron chi connectivity index (χ2n) is 3.53. The van der Waals surface area contributed by atoms with Crippen molar-refractivity contribution in [2.24, 2.45) is 0 Å². The van der Waals surface area contributed by atoms with Gasteiger partial charge in [-0.3, -0.25) is 0 Å². The minimum Gasteiger partial charge on any atom is -0.155 e. The number of hydrogen-bond acceptors (Lipinski definition) is 2. The van der Waals surface area contributed by atoms with E-state index in [0.29, 0.717) is 0 Å². The van der Waals surface area contributed by atoms with Crippen LogP contribution in [0.5, 0.6) is 0 Å². The molecule has 0 aliphatic heterocycles. The first-order valence-corrected chi connectivity index (χ1v) is 5.04. The lowest BCUT2D eigenvalue weighted by Crippen LogP contribution is -1.96. The summed E-state index contributed by atoms with van der Waals surface area (Å²) in [5.41, 5.74) is 2.13. The lowest BCUT2D eigenvalue weighted by Gasteiger charge is -2.04. The van der Waals surface area contributed by atoms with Crippen LogP contribution < -0.4 is 0 Å². The van der Waals surface area contributed by atoms with Crippen LogP contribution in [-0.4, -0.2) is 10.2 Å². The average Bonchev–Trinajstić information content (AvgIpc) is 2.23. The Morgan fingerprint density at radius 2 is 1.79 bits per heavy atom. The van der Waals surface area contributed by atoms with Crippen molar-refractivity contribution in [2.45, 2.75) is 26.7 Å². The lowest BCUT2D eigenvalue weighted by molar-refractivity contribution is 0.843. The number of aromatic nitrogens is 2. The fraction of sp³-hybridized carbons (Fsp3) is 0.333. The maximum atomic E-state index is 4.25. The largest absolute Gasteiger partial charge is 0.155 e. The van der Waals surface area contributed by atoms with Gasteiger partial charge in [0.05, 0.1) is 11.4 Å². The molecule has 0 fully saturated rings. The molecule has 0 spiro atoms. The van der Waals surface area contributed by atoms with Gasteiger partial charge in [-0.25, -0.2) is 0 Å². The summed E-state index contributed by atoms with van der Waals surface area (Å²) in [7, 11) is 0. The van der Waals surface area contributed by atoms with Crippen LogP contribution in [0.15, 0.2) is 24.3 Å². The molecule has 14 heavy (non-hydrogen) atoms. The van der Waals surface area contributed by atoms with Gasteiger partial charge >= 0.3 is 0 Å². The molecule has 0 bridgehead atoms. The van der Waals surface area contributed by atoms with Gasteiger partial charge in [-0.05, 0) is 13.3 Å². The van der Waals surface area contributed by atoms with Gasteiger partial charge in [-0.15, -0.1) is 0 Å². The Morgan fingerprint density at radius 3 is 2.50 bits per heavy atom. The fourth-order valence-electron chi connectivity index (χ4n) is 1.71. The monoisotopic (exact) mass is 186 g/mol. The maximum absolute atomic E-state index is 4.25. The molecule has 1 heterocycles. The molecule has 1 aromatic carbocycles. The first kappa shape index (κ1) is 9.13. The van der Waals surface area contributed by atoms with E-state index < -0.39 is 0 Å². The molecule has 0 atom stereocenters. The van der Waals surface area contributed by atoms with Gasteiger partial charge in [-0.1, -0.05) is 37.6 Å². The van der Waals surface area contributed by atoms with E-state index in [1.54, 1.807) is 0 Å². The van der Waals surface area contributed by atoms with Crippen LogP contribution in [0.4, 0.5) is 0 Å². The Kier molecular flexibility index (Phi) is 2.44. The molecule has 0 saturated carbocycles. The van der Waals surface area contributed by atoms with E-state index in [4.69, 9.17) is 0 Å². The number of hydrogen-bond donors (Lipinski definition) is 0. The second kappa shape index (κ2) is 3.74. The summed E-state index contributed by atoms with van der Waals surface area (Å²) >= 11 is 0. The van der Waals surface area contributed by atoms with Crippen molar-refractivity contribution < 1.29 is 0 Å². The molecular weight excluding hydrogens is 172 g/mol. The van der Waals surface area contributed by atoms with Crippen molar-refractivity contribution in [1.29, 1.82) is 0 Å². The average molecular weight is 186 g/mol. The van der Waals surface area contributed by atoms with Crippen LogP contribution in [0.1, 0.15) is 24.7 Å². The molecule has 2 heteroatoms. The van der Waals surface area contributed by atoms with Crippen molar-refractivity contribution in [2.75, 3.05) is 0 Å². The molecular formula is C12H14N2. The summed E-state index contributed by atoms with van der Waals surface area (Å²) < 4.78 is 0. The molecule has 0 unspecified atom stereocenters. The molecule has 0 amide bonds.